The Bertz CT molecular complexity index is 734. The summed E-state index contributed by atoms with van der Waals surface area (Å²) in [4.78, 5) is 12.1. The second-order valence-corrected chi connectivity index (χ2v) is 5.52. The van der Waals surface area contributed by atoms with Crippen LogP contribution in [0.15, 0.2) is 67.5 Å². The van der Waals surface area contributed by atoms with Crippen molar-refractivity contribution in [1.29, 1.82) is 0 Å². The first-order chi connectivity index (χ1) is 11.8. The summed E-state index contributed by atoms with van der Waals surface area (Å²) in [5.74, 6) is 0.732. The number of aryl methyl sites for hydroxylation is 1. The summed E-state index contributed by atoms with van der Waals surface area (Å²) in [6, 6.07) is 11.6. The minimum Gasteiger partial charge on any atom is -0.491 e. The van der Waals surface area contributed by atoms with Crippen LogP contribution in [0, 0.1) is 0 Å². The molecule has 1 aromatic carbocycles. The van der Waals surface area contributed by atoms with E-state index in [2.05, 4.69) is 15.0 Å². The SMILES string of the molecule is O[C@H](CCc1cccnc1)COc1ccc(-c2cncnc2)cc1. The second-order valence-electron chi connectivity index (χ2n) is 5.52. The molecule has 0 radical (unpaired) electrons. The first kappa shape index (κ1) is 16.1. The number of aromatic nitrogens is 3. The molecule has 3 aromatic rings. The highest BCUT2D eigenvalue weighted by Gasteiger charge is 2.06. The molecule has 0 spiro atoms. The van der Waals surface area contributed by atoms with Crippen molar-refractivity contribution in [1.82, 2.24) is 15.0 Å². The van der Waals surface area contributed by atoms with E-state index in [-0.39, 0.29) is 6.61 Å². The third-order valence-corrected chi connectivity index (χ3v) is 3.68. The lowest BCUT2D eigenvalue weighted by Gasteiger charge is -2.12. The Morgan fingerprint density at radius 1 is 0.917 bits per heavy atom. The summed E-state index contributed by atoms with van der Waals surface area (Å²) in [7, 11) is 0. The zero-order valence-corrected chi connectivity index (χ0v) is 13.2. The van der Waals surface area contributed by atoms with Crippen LogP contribution >= 0.6 is 0 Å². The number of nitrogens with zero attached hydrogens (tertiary/aromatic N) is 3. The lowest BCUT2D eigenvalue weighted by molar-refractivity contribution is 0.100. The van der Waals surface area contributed by atoms with Crippen LogP contribution in [0.1, 0.15) is 12.0 Å². The fraction of sp³-hybridized carbons (Fsp3) is 0.211. The average molecular weight is 321 g/mol. The molecule has 0 saturated heterocycles. The topological polar surface area (TPSA) is 68.1 Å². The van der Waals surface area contributed by atoms with Gasteiger partial charge < -0.3 is 9.84 Å². The van der Waals surface area contributed by atoms with Gasteiger partial charge in [0.15, 0.2) is 0 Å². The van der Waals surface area contributed by atoms with Crippen LogP contribution in [0.3, 0.4) is 0 Å². The molecule has 2 heterocycles. The van der Waals surface area contributed by atoms with Crippen LogP contribution in [0.5, 0.6) is 5.75 Å². The molecule has 0 unspecified atom stereocenters. The molecule has 1 atom stereocenters. The number of pyridine rings is 1. The molecule has 3 rings (SSSR count). The van der Waals surface area contributed by atoms with Gasteiger partial charge in [0.1, 0.15) is 18.7 Å². The molecule has 0 aliphatic rings. The molecular formula is C19H19N3O2. The van der Waals surface area contributed by atoms with Gasteiger partial charge in [-0.25, -0.2) is 9.97 Å². The molecule has 0 aliphatic carbocycles. The van der Waals surface area contributed by atoms with Crippen LogP contribution < -0.4 is 4.74 Å². The van der Waals surface area contributed by atoms with Crippen molar-refractivity contribution in [2.24, 2.45) is 0 Å². The molecule has 122 valence electrons. The Labute approximate surface area is 141 Å². The van der Waals surface area contributed by atoms with E-state index >= 15 is 0 Å². The number of benzene rings is 1. The number of hydrogen-bond donors (Lipinski definition) is 1. The van der Waals surface area contributed by atoms with Gasteiger partial charge in [0, 0.05) is 30.4 Å². The van der Waals surface area contributed by atoms with Crippen LogP contribution in [0.2, 0.25) is 0 Å². The molecule has 24 heavy (non-hydrogen) atoms. The predicted molar refractivity (Wildman–Crippen MR) is 91.5 cm³/mol. The average Bonchev–Trinajstić information content (AvgIpc) is 2.67. The molecule has 0 bridgehead atoms. The van der Waals surface area contributed by atoms with Gasteiger partial charge in [-0.15, -0.1) is 0 Å². The van der Waals surface area contributed by atoms with Gasteiger partial charge in [0.05, 0.1) is 6.10 Å². The summed E-state index contributed by atoms with van der Waals surface area (Å²) < 4.78 is 5.65. The first-order valence-corrected chi connectivity index (χ1v) is 7.86. The second kappa shape index (κ2) is 8.17. The Hall–Kier alpha value is -2.79. The molecular weight excluding hydrogens is 302 g/mol. The number of ether oxygens (including phenoxy) is 1. The highest BCUT2D eigenvalue weighted by atomic mass is 16.5. The van der Waals surface area contributed by atoms with E-state index in [1.54, 1.807) is 18.6 Å². The third-order valence-electron chi connectivity index (χ3n) is 3.68. The van der Waals surface area contributed by atoms with E-state index in [1.165, 1.54) is 6.33 Å². The summed E-state index contributed by atoms with van der Waals surface area (Å²) in [6.45, 7) is 0.272. The molecule has 5 nitrogen and oxygen atoms in total. The lowest BCUT2D eigenvalue weighted by Crippen LogP contribution is -2.18. The minimum atomic E-state index is -0.507. The Kier molecular flexibility index (Phi) is 5.48. The maximum Gasteiger partial charge on any atom is 0.119 e. The van der Waals surface area contributed by atoms with Gasteiger partial charge in [0.2, 0.25) is 0 Å². The van der Waals surface area contributed by atoms with Gasteiger partial charge in [-0.3, -0.25) is 4.98 Å². The first-order valence-electron chi connectivity index (χ1n) is 7.86. The summed E-state index contributed by atoms with van der Waals surface area (Å²) in [5, 5.41) is 10.0. The zero-order chi connectivity index (χ0) is 16.6. The Morgan fingerprint density at radius 3 is 2.42 bits per heavy atom. The maximum absolute atomic E-state index is 10.0. The normalized spacial score (nSPS) is 11.9. The zero-order valence-electron chi connectivity index (χ0n) is 13.2. The smallest absolute Gasteiger partial charge is 0.119 e. The molecule has 5 heteroatoms. The monoisotopic (exact) mass is 321 g/mol. The van der Waals surface area contributed by atoms with Gasteiger partial charge in [-0.1, -0.05) is 18.2 Å². The number of aliphatic hydroxyl groups excluding tert-OH is 1. The van der Waals surface area contributed by atoms with Crippen molar-refractivity contribution in [3.05, 3.63) is 73.1 Å². The molecule has 0 aliphatic heterocycles. The number of aliphatic hydroxyl groups is 1. The van der Waals surface area contributed by atoms with Gasteiger partial charge in [-0.05, 0) is 42.2 Å². The largest absolute Gasteiger partial charge is 0.491 e. The fourth-order valence-corrected chi connectivity index (χ4v) is 2.35. The van der Waals surface area contributed by atoms with Crippen molar-refractivity contribution in [3.63, 3.8) is 0 Å². The van der Waals surface area contributed by atoms with Crippen molar-refractivity contribution < 1.29 is 9.84 Å². The predicted octanol–water partition coefficient (Wildman–Crippen LogP) is 2.91. The van der Waals surface area contributed by atoms with E-state index in [1.807, 2.05) is 42.6 Å². The molecule has 0 fully saturated rings. The summed E-state index contributed by atoms with van der Waals surface area (Å²) in [6.07, 6.45) is 9.53. The molecule has 2 aromatic heterocycles. The Balaban J connectivity index is 1.48. The van der Waals surface area contributed by atoms with Crippen molar-refractivity contribution >= 4 is 0 Å². The fourth-order valence-electron chi connectivity index (χ4n) is 2.35. The van der Waals surface area contributed by atoms with Gasteiger partial charge >= 0.3 is 0 Å². The summed E-state index contributed by atoms with van der Waals surface area (Å²) in [5.41, 5.74) is 3.10. The van der Waals surface area contributed by atoms with Crippen molar-refractivity contribution in [3.8, 4) is 16.9 Å². The molecule has 1 N–H and O–H groups in total. The van der Waals surface area contributed by atoms with Crippen molar-refractivity contribution in [2.75, 3.05) is 6.61 Å². The summed E-state index contributed by atoms with van der Waals surface area (Å²) >= 11 is 0. The van der Waals surface area contributed by atoms with E-state index in [0.29, 0.717) is 6.42 Å². The molecule has 0 saturated carbocycles. The Morgan fingerprint density at radius 2 is 1.71 bits per heavy atom. The van der Waals surface area contributed by atoms with E-state index in [9.17, 15) is 5.11 Å². The minimum absolute atomic E-state index is 0.272. The number of rotatable bonds is 7. The number of hydrogen-bond acceptors (Lipinski definition) is 5. The maximum atomic E-state index is 10.0. The van der Waals surface area contributed by atoms with Crippen LogP contribution in [0.4, 0.5) is 0 Å². The van der Waals surface area contributed by atoms with E-state index in [4.69, 9.17) is 4.74 Å². The van der Waals surface area contributed by atoms with Gasteiger partial charge in [0.25, 0.3) is 0 Å². The van der Waals surface area contributed by atoms with E-state index in [0.717, 1.165) is 28.9 Å². The van der Waals surface area contributed by atoms with Gasteiger partial charge in [-0.2, -0.15) is 0 Å². The van der Waals surface area contributed by atoms with E-state index < -0.39 is 6.10 Å². The third kappa shape index (κ3) is 4.60. The standard InChI is InChI=1S/C19H19N3O2/c23-18(6-3-15-2-1-9-20-10-15)13-24-19-7-4-16(5-8-19)17-11-21-14-22-12-17/h1-2,4-5,7-12,14,18,23H,3,6,13H2/t18-/m1/s1. The molecule has 0 amide bonds. The highest BCUT2D eigenvalue weighted by molar-refractivity contribution is 5.62. The van der Waals surface area contributed by atoms with Crippen LogP contribution in [-0.2, 0) is 6.42 Å². The van der Waals surface area contributed by atoms with Crippen molar-refractivity contribution in [2.45, 2.75) is 18.9 Å². The lowest BCUT2D eigenvalue weighted by atomic mass is 10.1. The van der Waals surface area contributed by atoms with Crippen LogP contribution in [0.25, 0.3) is 11.1 Å². The van der Waals surface area contributed by atoms with Crippen LogP contribution in [-0.4, -0.2) is 32.8 Å². The highest BCUT2D eigenvalue weighted by Crippen LogP contribution is 2.21. The quantitative estimate of drug-likeness (QED) is 0.724.